The Morgan fingerprint density at radius 3 is 2.44 bits per heavy atom. The predicted octanol–water partition coefficient (Wildman–Crippen LogP) is 2.17. The van der Waals surface area contributed by atoms with Gasteiger partial charge in [-0.25, -0.2) is 13.9 Å². The van der Waals surface area contributed by atoms with Crippen molar-refractivity contribution in [1.29, 1.82) is 0 Å². The first-order valence-electron chi connectivity index (χ1n) is 12.9. The normalized spacial score (nSPS) is 19.7. The van der Waals surface area contributed by atoms with E-state index in [1.165, 1.54) is 12.1 Å². The number of rotatable bonds is 8. The van der Waals surface area contributed by atoms with E-state index >= 15 is 0 Å². The van der Waals surface area contributed by atoms with E-state index in [1.54, 1.807) is 64.4 Å². The van der Waals surface area contributed by atoms with Gasteiger partial charge in [0.15, 0.2) is 0 Å². The van der Waals surface area contributed by atoms with Crippen LogP contribution in [0.1, 0.15) is 28.3 Å². The molecule has 1 aromatic heterocycles. The second-order valence-electron chi connectivity index (χ2n) is 9.90. The molecule has 1 aliphatic carbocycles. The van der Waals surface area contributed by atoms with E-state index in [0.29, 0.717) is 18.7 Å². The number of piperazine rings is 1. The van der Waals surface area contributed by atoms with Gasteiger partial charge in [-0.05, 0) is 61.5 Å². The van der Waals surface area contributed by atoms with Crippen molar-refractivity contribution in [1.82, 2.24) is 30.2 Å². The second kappa shape index (κ2) is 11.6. The number of carbonyl (C=O) groups is 3. The molecule has 1 saturated heterocycles. The van der Waals surface area contributed by atoms with Gasteiger partial charge in [0, 0.05) is 56.1 Å². The predicted molar refractivity (Wildman–Crippen MR) is 141 cm³/mol. The highest BCUT2D eigenvalue weighted by Crippen LogP contribution is 2.40. The summed E-state index contributed by atoms with van der Waals surface area (Å²) < 4.78 is 20.3. The van der Waals surface area contributed by atoms with Crippen LogP contribution in [0.4, 0.5) is 9.18 Å². The fourth-order valence-electron chi connectivity index (χ4n) is 4.64. The molecule has 0 spiro atoms. The molecule has 0 unspecified atom stereocenters. The van der Waals surface area contributed by atoms with Gasteiger partial charge >= 0.3 is 6.09 Å². The molecule has 3 atom stereocenters. The van der Waals surface area contributed by atoms with Gasteiger partial charge in [0.05, 0.1) is 5.69 Å². The number of nitrogens with one attached hydrogen (secondary N) is 2. The first-order valence-corrected chi connectivity index (χ1v) is 12.9. The van der Waals surface area contributed by atoms with Crippen LogP contribution >= 0.6 is 0 Å². The fraction of sp³-hybridized carbons (Fsp3) is 0.357. The average Bonchev–Trinajstić information content (AvgIpc) is 3.48. The quantitative estimate of drug-likeness (QED) is 0.459. The molecule has 2 aliphatic rings. The highest BCUT2D eigenvalue weighted by Gasteiger charge is 2.40. The lowest BCUT2D eigenvalue weighted by atomic mass is 10.1. The number of alkyl carbamates (subject to hydrolysis) is 1. The summed E-state index contributed by atoms with van der Waals surface area (Å²) in [5.74, 6) is -0.967. The van der Waals surface area contributed by atoms with Gasteiger partial charge in [-0.3, -0.25) is 9.59 Å². The van der Waals surface area contributed by atoms with Crippen LogP contribution in [0.25, 0.3) is 5.69 Å². The highest BCUT2D eigenvalue weighted by molar-refractivity contribution is 5.97. The Morgan fingerprint density at radius 1 is 1.05 bits per heavy atom. The van der Waals surface area contributed by atoms with Gasteiger partial charge in [0.1, 0.15) is 18.5 Å². The Morgan fingerprint density at radius 2 is 1.77 bits per heavy atom. The largest absolute Gasteiger partial charge is 0.447 e. The summed E-state index contributed by atoms with van der Waals surface area (Å²) in [5, 5.41) is 9.72. The summed E-state index contributed by atoms with van der Waals surface area (Å²) in [5.41, 5.74) is 2.10. The number of likely N-dealkylation sites (N-methyl/N-ethyl adjacent to an activating group) is 1. The van der Waals surface area contributed by atoms with Crippen LogP contribution in [0.3, 0.4) is 0 Å². The number of hydrogen-bond acceptors (Lipinski definition) is 6. The van der Waals surface area contributed by atoms with Crippen molar-refractivity contribution in [2.45, 2.75) is 24.4 Å². The number of carbonyl (C=O) groups excluding carboxylic acids is 3. The van der Waals surface area contributed by atoms with Crippen LogP contribution in [-0.2, 0) is 9.53 Å². The standard InChI is InChI=1S/C28H31FN6O4/c1-33-13-15-34(16-14-33)27(37)25(31-26(36)20-5-9-22(10-6-20)35-12-2-11-30-35)18-39-28(38)32-24-17-23(24)19-3-7-21(29)8-4-19/h2-12,23-25H,13-18H2,1H3,(H,31,36)(H,32,38)/t23-,24+,25-/m0/s1. The van der Waals surface area contributed by atoms with Crippen molar-refractivity contribution in [3.63, 3.8) is 0 Å². The topological polar surface area (TPSA) is 109 Å². The summed E-state index contributed by atoms with van der Waals surface area (Å²) in [6.45, 7) is 2.17. The third-order valence-electron chi connectivity index (χ3n) is 7.09. The molecule has 39 heavy (non-hydrogen) atoms. The smallest absolute Gasteiger partial charge is 0.407 e. The third-order valence-corrected chi connectivity index (χ3v) is 7.09. The molecule has 2 N–H and O–H groups in total. The molecule has 2 aromatic carbocycles. The summed E-state index contributed by atoms with van der Waals surface area (Å²) in [6, 6.07) is 13.7. The first-order chi connectivity index (χ1) is 18.9. The van der Waals surface area contributed by atoms with E-state index < -0.39 is 18.0 Å². The second-order valence-corrected chi connectivity index (χ2v) is 9.90. The number of halogens is 1. The van der Waals surface area contributed by atoms with Gasteiger partial charge in [-0.2, -0.15) is 5.10 Å². The summed E-state index contributed by atoms with van der Waals surface area (Å²) >= 11 is 0. The zero-order valence-electron chi connectivity index (χ0n) is 21.6. The van der Waals surface area contributed by atoms with Crippen molar-refractivity contribution >= 4 is 17.9 Å². The summed E-state index contributed by atoms with van der Waals surface area (Å²) in [7, 11) is 1.98. The maximum atomic E-state index is 13.3. The molecule has 10 nitrogen and oxygen atoms in total. The van der Waals surface area contributed by atoms with E-state index in [9.17, 15) is 18.8 Å². The monoisotopic (exact) mass is 534 g/mol. The zero-order valence-corrected chi connectivity index (χ0v) is 21.6. The molecule has 0 bridgehead atoms. The zero-order chi connectivity index (χ0) is 27.4. The summed E-state index contributed by atoms with van der Waals surface area (Å²) in [4.78, 5) is 42.7. The van der Waals surface area contributed by atoms with Crippen LogP contribution < -0.4 is 10.6 Å². The number of benzene rings is 2. The molecular weight excluding hydrogens is 503 g/mol. The number of ether oxygens (including phenoxy) is 1. The molecule has 2 heterocycles. The van der Waals surface area contributed by atoms with E-state index in [0.717, 1.165) is 30.8 Å². The number of hydrogen-bond donors (Lipinski definition) is 2. The lowest BCUT2D eigenvalue weighted by molar-refractivity contribution is -0.135. The summed E-state index contributed by atoms with van der Waals surface area (Å²) in [6.07, 6.45) is 3.51. The fourth-order valence-corrected chi connectivity index (χ4v) is 4.64. The van der Waals surface area contributed by atoms with Gasteiger partial charge in [-0.1, -0.05) is 12.1 Å². The molecular formula is C28H31FN6O4. The molecule has 2 fully saturated rings. The van der Waals surface area contributed by atoms with E-state index in [-0.39, 0.29) is 30.3 Å². The molecule has 3 amide bonds. The maximum absolute atomic E-state index is 13.3. The maximum Gasteiger partial charge on any atom is 0.407 e. The number of nitrogens with zero attached hydrogens (tertiary/aromatic N) is 4. The van der Waals surface area contributed by atoms with Gasteiger partial charge < -0.3 is 25.2 Å². The minimum atomic E-state index is -1.04. The van der Waals surface area contributed by atoms with Crippen LogP contribution in [0.5, 0.6) is 0 Å². The third kappa shape index (κ3) is 6.61. The number of aromatic nitrogens is 2. The van der Waals surface area contributed by atoms with Crippen molar-refractivity contribution in [3.8, 4) is 5.69 Å². The lowest BCUT2D eigenvalue weighted by Crippen LogP contribution is -2.56. The Hall–Kier alpha value is -4.25. The molecule has 1 saturated carbocycles. The van der Waals surface area contributed by atoms with E-state index in [2.05, 4.69) is 20.6 Å². The van der Waals surface area contributed by atoms with Crippen molar-refractivity contribution in [2.24, 2.45) is 0 Å². The van der Waals surface area contributed by atoms with Crippen molar-refractivity contribution < 1.29 is 23.5 Å². The van der Waals surface area contributed by atoms with Crippen molar-refractivity contribution in [3.05, 3.63) is 83.9 Å². The van der Waals surface area contributed by atoms with E-state index in [4.69, 9.17) is 4.74 Å². The molecule has 204 valence electrons. The minimum absolute atomic E-state index is 0.0883. The number of amides is 3. The Labute approximate surface area is 225 Å². The lowest BCUT2D eigenvalue weighted by Gasteiger charge is -2.34. The van der Waals surface area contributed by atoms with Gasteiger partial charge in [-0.15, -0.1) is 0 Å². The Balaban J connectivity index is 1.20. The van der Waals surface area contributed by atoms with Gasteiger partial charge in [0.2, 0.25) is 5.91 Å². The molecule has 11 heteroatoms. The molecule has 1 aliphatic heterocycles. The van der Waals surface area contributed by atoms with Crippen LogP contribution in [-0.4, -0.2) is 89.4 Å². The molecule has 3 aromatic rings. The van der Waals surface area contributed by atoms with Crippen LogP contribution in [0.2, 0.25) is 0 Å². The van der Waals surface area contributed by atoms with Crippen LogP contribution in [0.15, 0.2) is 67.0 Å². The highest BCUT2D eigenvalue weighted by atomic mass is 19.1. The average molecular weight is 535 g/mol. The van der Waals surface area contributed by atoms with Gasteiger partial charge in [0.25, 0.3) is 5.91 Å². The molecule has 5 rings (SSSR count). The minimum Gasteiger partial charge on any atom is -0.447 e. The SMILES string of the molecule is CN1CCN(C(=O)[C@H](COC(=O)N[C@@H]2C[C@H]2c2ccc(F)cc2)NC(=O)c2ccc(-n3cccn3)cc2)CC1. The molecule has 0 radical (unpaired) electrons. The van der Waals surface area contributed by atoms with Crippen molar-refractivity contribution in [2.75, 3.05) is 39.8 Å². The Bertz CT molecular complexity index is 1290. The Kier molecular flexibility index (Phi) is 7.87. The first kappa shape index (κ1) is 26.4. The van der Waals surface area contributed by atoms with E-state index in [1.807, 2.05) is 7.05 Å². The van der Waals surface area contributed by atoms with Crippen LogP contribution in [0, 0.1) is 5.82 Å².